The molecule has 11 nitrogen and oxygen atoms in total. The first kappa shape index (κ1) is 33.9. The second-order valence-corrected chi connectivity index (χ2v) is 11.7. The Hall–Kier alpha value is -4.58. The highest BCUT2D eigenvalue weighted by molar-refractivity contribution is 7.09. The van der Waals surface area contributed by atoms with Crippen LogP contribution < -0.4 is 16.0 Å². The van der Waals surface area contributed by atoms with Crippen molar-refractivity contribution in [2.45, 2.75) is 58.2 Å². The van der Waals surface area contributed by atoms with Crippen LogP contribution in [-0.4, -0.2) is 58.9 Å². The van der Waals surface area contributed by atoms with Crippen LogP contribution >= 0.6 is 11.3 Å². The van der Waals surface area contributed by atoms with Crippen molar-refractivity contribution < 1.29 is 33.8 Å². The van der Waals surface area contributed by atoms with E-state index in [1.807, 2.05) is 44.2 Å². The molecular weight excluding hydrogens is 584 g/mol. The first-order chi connectivity index (χ1) is 21.1. The summed E-state index contributed by atoms with van der Waals surface area (Å²) >= 11 is 1.14. The number of ether oxygens (including phenoxy) is 1. The van der Waals surface area contributed by atoms with E-state index in [0.717, 1.165) is 16.9 Å². The minimum Gasteiger partial charge on any atom is -0.481 e. The van der Waals surface area contributed by atoms with Crippen LogP contribution in [0.1, 0.15) is 71.1 Å². The van der Waals surface area contributed by atoms with Crippen molar-refractivity contribution >= 4 is 41.5 Å². The molecule has 0 aliphatic rings. The van der Waals surface area contributed by atoms with Gasteiger partial charge in [-0.25, -0.2) is 9.78 Å². The van der Waals surface area contributed by atoms with Crippen LogP contribution in [0, 0.1) is 11.8 Å². The largest absolute Gasteiger partial charge is 0.481 e. The van der Waals surface area contributed by atoms with Gasteiger partial charge in [-0.3, -0.25) is 19.2 Å². The maximum absolute atomic E-state index is 13.3. The number of benzene rings is 2. The Balaban J connectivity index is 1.83. The number of nitrogens with zero attached hydrogens (tertiary/aromatic N) is 1. The molecule has 44 heavy (non-hydrogen) atoms. The zero-order valence-corrected chi connectivity index (χ0v) is 25.7. The lowest BCUT2D eigenvalue weighted by molar-refractivity contribution is -0.141. The maximum Gasteiger partial charge on any atom is 0.338 e. The minimum absolute atomic E-state index is 0.0641. The number of hydrogen-bond acceptors (Lipinski definition) is 8. The van der Waals surface area contributed by atoms with Crippen LogP contribution in [-0.2, 0) is 25.5 Å². The van der Waals surface area contributed by atoms with E-state index < -0.39 is 47.9 Å². The molecule has 0 fully saturated rings. The van der Waals surface area contributed by atoms with Crippen LogP contribution in [0.3, 0.4) is 0 Å². The molecular formula is C32H38N4O7S. The fourth-order valence-electron chi connectivity index (χ4n) is 4.51. The number of aromatic nitrogens is 1. The molecule has 0 saturated carbocycles. The van der Waals surface area contributed by atoms with Gasteiger partial charge >= 0.3 is 11.9 Å². The van der Waals surface area contributed by atoms with E-state index in [4.69, 9.17) is 4.74 Å². The Morgan fingerprint density at radius 3 is 2.23 bits per heavy atom. The van der Waals surface area contributed by atoms with Gasteiger partial charge in [0.25, 0.3) is 5.91 Å². The van der Waals surface area contributed by atoms with E-state index in [2.05, 4.69) is 20.9 Å². The van der Waals surface area contributed by atoms with Crippen molar-refractivity contribution in [1.29, 1.82) is 0 Å². The number of carboxylic acids is 1. The monoisotopic (exact) mass is 622 g/mol. The van der Waals surface area contributed by atoms with Gasteiger partial charge in [0.05, 0.1) is 18.0 Å². The molecule has 1 heterocycles. The molecule has 0 radical (unpaired) electrons. The first-order valence-corrected chi connectivity index (χ1v) is 15.2. The summed E-state index contributed by atoms with van der Waals surface area (Å²) in [5.74, 6) is -3.16. The summed E-state index contributed by atoms with van der Waals surface area (Å²) in [4.78, 5) is 65.5. The van der Waals surface area contributed by atoms with Crippen molar-refractivity contribution in [1.82, 2.24) is 20.9 Å². The number of carboxylic acid groups (broad SMARTS) is 1. The van der Waals surface area contributed by atoms with Crippen molar-refractivity contribution in [2.75, 3.05) is 6.54 Å². The molecule has 1 aromatic heterocycles. The normalized spacial score (nSPS) is 13.6. The molecule has 3 rings (SSSR count). The highest BCUT2D eigenvalue weighted by Crippen LogP contribution is 2.29. The Morgan fingerprint density at radius 2 is 1.61 bits per heavy atom. The zero-order chi connectivity index (χ0) is 32.1. The quantitative estimate of drug-likeness (QED) is 0.131. The SMILES string of the molecule is CC(CC(Cc1ccccc1)NC(=O)c1csc(C(CC(NC(=O)CNC=O)C(C)C)OC(=O)c2ccccc2)n1)C(=O)O. The lowest BCUT2D eigenvalue weighted by Crippen LogP contribution is -2.43. The van der Waals surface area contributed by atoms with Crippen LogP contribution in [0.25, 0.3) is 0 Å². The summed E-state index contributed by atoms with van der Waals surface area (Å²) in [6.07, 6.45) is 0.369. The number of aliphatic carboxylic acids is 1. The Morgan fingerprint density at radius 1 is 0.955 bits per heavy atom. The molecule has 4 N–H and O–H groups in total. The standard InChI is InChI=1S/C32H38N4O7S/c1-20(2)25(35-28(38)17-33-19-37)16-27(43-32(42)23-12-8-5-9-13-23)30-36-26(18-44-30)29(39)34-24(14-21(3)31(40)41)15-22-10-6-4-7-11-22/h4-13,18-21,24-25,27H,14-17H2,1-3H3,(H,33,37)(H,34,39)(H,35,38)(H,40,41). The van der Waals surface area contributed by atoms with E-state index in [-0.39, 0.29) is 31.0 Å². The highest BCUT2D eigenvalue weighted by Gasteiger charge is 2.29. The molecule has 0 aliphatic carbocycles. The summed E-state index contributed by atoms with van der Waals surface area (Å²) in [6, 6.07) is 17.0. The van der Waals surface area contributed by atoms with E-state index >= 15 is 0 Å². The number of thiazole rings is 1. The molecule has 4 unspecified atom stereocenters. The number of carbonyl (C=O) groups is 5. The predicted octanol–water partition coefficient (Wildman–Crippen LogP) is 3.77. The second kappa shape index (κ2) is 16.9. The van der Waals surface area contributed by atoms with Gasteiger partial charge in [-0.15, -0.1) is 11.3 Å². The lowest BCUT2D eigenvalue weighted by atomic mass is 9.96. The third-order valence-electron chi connectivity index (χ3n) is 6.97. The zero-order valence-electron chi connectivity index (χ0n) is 24.9. The number of rotatable bonds is 17. The molecule has 3 aromatic rings. The molecule has 234 valence electrons. The van der Waals surface area contributed by atoms with Gasteiger partial charge in [0.15, 0.2) is 6.10 Å². The van der Waals surface area contributed by atoms with Gasteiger partial charge < -0.3 is 25.8 Å². The smallest absolute Gasteiger partial charge is 0.338 e. The van der Waals surface area contributed by atoms with E-state index in [1.165, 1.54) is 0 Å². The summed E-state index contributed by atoms with van der Waals surface area (Å²) in [6.45, 7) is 5.20. The summed E-state index contributed by atoms with van der Waals surface area (Å²) < 4.78 is 5.89. The number of nitrogens with one attached hydrogen (secondary N) is 3. The fourth-order valence-corrected chi connectivity index (χ4v) is 5.35. The molecule has 2 aromatic carbocycles. The maximum atomic E-state index is 13.3. The summed E-state index contributed by atoms with van der Waals surface area (Å²) in [5.41, 5.74) is 1.39. The van der Waals surface area contributed by atoms with Crippen LogP contribution in [0.4, 0.5) is 0 Å². The van der Waals surface area contributed by atoms with Crippen molar-refractivity contribution in [2.24, 2.45) is 11.8 Å². The molecule has 3 amide bonds. The third-order valence-corrected chi connectivity index (χ3v) is 7.91. The van der Waals surface area contributed by atoms with Gasteiger partial charge in [-0.2, -0.15) is 0 Å². The van der Waals surface area contributed by atoms with Crippen molar-refractivity contribution in [3.8, 4) is 0 Å². The van der Waals surface area contributed by atoms with E-state index in [0.29, 0.717) is 23.4 Å². The number of carbonyl (C=O) groups excluding carboxylic acids is 4. The van der Waals surface area contributed by atoms with Gasteiger partial charge in [-0.05, 0) is 36.5 Å². The average Bonchev–Trinajstić information content (AvgIpc) is 3.50. The molecule has 0 spiro atoms. The van der Waals surface area contributed by atoms with Gasteiger partial charge in [0.1, 0.15) is 10.7 Å². The van der Waals surface area contributed by atoms with Gasteiger partial charge in [-0.1, -0.05) is 69.3 Å². The molecule has 12 heteroatoms. The summed E-state index contributed by atoms with van der Waals surface area (Å²) in [7, 11) is 0. The van der Waals surface area contributed by atoms with Gasteiger partial charge in [0.2, 0.25) is 12.3 Å². The van der Waals surface area contributed by atoms with Gasteiger partial charge in [0, 0.05) is 23.9 Å². The number of hydrogen-bond donors (Lipinski definition) is 4. The van der Waals surface area contributed by atoms with E-state index in [1.54, 1.807) is 42.6 Å². The van der Waals surface area contributed by atoms with Crippen LogP contribution in [0.5, 0.6) is 0 Å². The molecule has 4 atom stereocenters. The summed E-state index contributed by atoms with van der Waals surface area (Å²) in [5, 5.41) is 19.5. The van der Waals surface area contributed by atoms with Crippen LogP contribution in [0.15, 0.2) is 66.0 Å². The molecule has 0 aliphatic heterocycles. The number of esters is 1. The third kappa shape index (κ3) is 10.6. The van der Waals surface area contributed by atoms with E-state index in [9.17, 15) is 29.1 Å². The predicted molar refractivity (Wildman–Crippen MR) is 165 cm³/mol. The lowest BCUT2D eigenvalue weighted by Gasteiger charge is -2.26. The topological polar surface area (TPSA) is 164 Å². The Kier molecular flexibility index (Phi) is 13.0. The Bertz CT molecular complexity index is 1400. The first-order valence-electron chi connectivity index (χ1n) is 14.3. The van der Waals surface area contributed by atoms with Crippen molar-refractivity contribution in [3.63, 3.8) is 0 Å². The van der Waals surface area contributed by atoms with Crippen LogP contribution in [0.2, 0.25) is 0 Å². The minimum atomic E-state index is -0.954. The molecule has 0 saturated heterocycles. The fraction of sp³-hybridized carbons (Fsp3) is 0.375. The van der Waals surface area contributed by atoms with Crippen molar-refractivity contribution in [3.05, 3.63) is 87.9 Å². The molecule has 0 bridgehead atoms. The average molecular weight is 623 g/mol. The Labute approximate surface area is 260 Å². The number of amides is 3. The highest BCUT2D eigenvalue weighted by atomic mass is 32.1. The second-order valence-electron chi connectivity index (χ2n) is 10.8.